The summed E-state index contributed by atoms with van der Waals surface area (Å²) in [5.41, 5.74) is 25.3. The summed E-state index contributed by atoms with van der Waals surface area (Å²) in [7, 11) is 0. The van der Waals surface area contributed by atoms with Crippen LogP contribution in [0.25, 0.3) is 49.7 Å². The Kier molecular flexibility index (Phi) is 12.8. The number of aromatic nitrogens is 1. The molecule has 5 heteroatoms. The zero-order chi connectivity index (χ0) is 59.5. The van der Waals surface area contributed by atoms with E-state index >= 15 is 0 Å². The van der Waals surface area contributed by atoms with Gasteiger partial charge >= 0.3 is 0 Å². The molecule has 0 N–H and O–H groups in total. The van der Waals surface area contributed by atoms with Crippen LogP contribution in [-0.4, -0.2) is 11.3 Å². The lowest BCUT2D eigenvalue weighted by Gasteiger charge is -2.49. The molecule has 0 radical (unpaired) electrons. The molecule has 3 heterocycles. The lowest BCUT2D eigenvalue weighted by molar-refractivity contribution is 0.750. The zero-order valence-corrected chi connectivity index (χ0v) is 49.4. The summed E-state index contributed by atoms with van der Waals surface area (Å²) in [4.78, 5) is 7.51. The SMILES string of the molecule is c1ccc(-c2cccc(-c3ccccc3)c2N2c3cc(N(c4ccccc4)c4ccccc4)ccc3B3c4ccc(N(c5ccccc5)c5ccccc5)cc4C(c4ccccc4)(c4ccccc4)c4cc(-n5c6ccccc6c6ccccc65)cc2c43)cc1. The average molecular weight is 1150 g/mol. The van der Waals surface area contributed by atoms with Gasteiger partial charge in [0.25, 0.3) is 0 Å². The van der Waals surface area contributed by atoms with Gasteiger partial charge < -0.3 is 19.3 Å². The van der Waals surface area contributed by atoms with Crippen LogP contribution in [0, 0.1) is 0 Å². The molecule has 0 aliphatic carbocycles. The number of rotatable bonds is 12. The first-order valence-corrected chi connectivity index (χ1v) is 31.1. The van der Waals surface area contributed by atoms with Crippen LogP contribution in [0.2, 0.25) is 0 Å². The van der Waals surface area contributed by atoms with E-state index < -0.39 is 5.41 Å². The van der Waals surface area contributed by atoms with Crippen molar-refractivity contribution in [2.75, 3.05) is 14.7 Å². The van der Waals surface area contributed by atoms with Crippen LogP contribution >= 0.6 is 0 Å². The summed E-state index contributed by atoms with van der Waals surface area (Å²) in [6.45, 7) is -0.236. The molecule has 15 aromatic rings. The number of para-hydroxylation sites is 7. The van der Waals surface area contributed by atoms with Gasteiger partial charge in [-0.2, -0.15) is 0 Å². The van der Waals surface area contributed by atoms with Gasteiger partial charge in [-0.05, 0) is 141 Å². The largest absolute Gasteiger partial charge is 0.310 e. The molecule has 0 spiro atoms. The molecule has 0 atom stereocenters. The van der Waals surface area contributed by atoms with Gasteiger partial charge in [-0.3, -0.25) is 0 Å². The molecule has 0 bridgehead atoms. The zero-order valence-electron chi connectivity index (χ0n) is 49.4. The van der Waals surface area contributed by atoms with Crippen LogP contribution in [0.15, 0.2) is 358 Å². The summed E-state index contributed by atoms with van der Waals surface area (Å²) in [5.74, 6) is 0. The molecule has 14 aromatic carbocycles. The van der Waals surface area contributed by atoms with Crippen LogP contribution in [0.5, 0.6) is 0 Å². The van der Waals surface area contributed by atoms with Crippen LogP contribution in [0.4, 0.5) is 51.2 Å². The Morgan fingerprint density at radius 1 is 0.289 bits per heavy atom. The van der Waals surface area contributed by atoms with Gasteiger partial charge in [0.1, 0.15) is 0 Å². The molecule has 17 rings (SSSR count). The first kappa shape index (κ1) is 52.7. The molecule has 2 aliphatic rings. The normalized spacial score (nSPS) is 12.7. The predicted molar refractivity (Wildman–Crippen MR) is 379 cm³/mol. The maximum atomic E-state index is 2.68. The summed E-state index contributed by atoms with van der Waals surface area (Å²) >= 11 is 0. The Morgan fingerprint density at radius 3 is 1.16 bits per heavy atom. The highest BCUT2D eigenvalue weighted by Gasteiger charge is 2.52. The smallest absolute Gasteiger partial charge is 0.247 e. The van der Waals surface area contributed by atoms with E-state index in [9.17, 15) is 0 Å². The second-order valence-corrected chi connectivity index (χ2v) is 23.5. The molecule has 0 amide bonds. The van der Waals surface area contributed by atoms with E-state index in [-0.39, 0.29) is 6.71 Å². The Hall–Kier alpha value is -11.7. The van der Waals surface area contributed by atoms with Crippen LogP contribution in [-0.2, 0) is 5.41 Å². The van der Waals surface area contributed by atoms with Crippen molar-refractivity contribution in [1.29, 1.82) is 0 Å². The second-order valence-electron chi connectivity index (χ2n) is 23.5. The third-order valence-corrected chi connectivity index (χ3v) is 18.6. The minimum Gasteiger partial charge on any atom is -0.310 e. The van der Waals surface area contributed by atoms with Gasteiger partial charge in [-0.15, -0.1) is 0 Å². The topological polar surface area (TPSA) is 14.7 Å². The Balaban J connectivity index is 1.08. The van der Waals surface area contributed by atoms with Crippen molar-refractivity contribution in [2.45, 2.75) is 5.41 Å². The number of fused-ring (bicyclic) bond motifs is 7. The summed E-state index contributed by atoms with van der Waals surface area (Å²) in [6.07, 6.45) is 0. The van der Waals surface area contributed by atoms with Crippen molar-refractivity contribution >= 4 is 96.1 Å². The molecule has 0 saturated carbocycles. The van der Waals surface area contributed by atoms with Gasteiger partial charge in [0.2, 0.25) is 6.71 Å². The molecular weight excluding hydrogens is 1090 g/mol. The van der Waals surface area contributed by atoms with Crippen LogP contribution in [0.3, 0.4) is 0 Å². The van der Waals surface area contributed by atoms with Gasteiger partial charge in [0, 0.05) is 73.1 Å². The van der Waals surface area contributed by atoms with Crippen molar-refractivity contribution in [1.82, 2.24) is 4.57 Å². The lowest BCUT2D eigenvalue weighted by Crippen LogP contribution is -2.65. The Bertz CT molecular complexity index is 4890. The second kappa shape index (κ2) is 21.9. The predicted octanol–water partition coefficient (Wildman–Crippen LogP) is 20.1. The van der Waals surface area contributed by atoms with E-state index in [2.05, 4.69) is 377 Å². The van der Waals surface area contributed by atoms with Crippen molar-refractivity contribution in [3.05, 3.63) is 380 Å². The minimum atomic E-state index is -0.885. The third-order valence-electron chi connectivity index (χ3n) is 18.6. The van der Waals surface area contributed by atoms with E-state index in [4.69, 9.17) is 0 Å². The highest BCUT2D eigenvalue weighted by atomic mass is 15.2. The fourth-order valence-electron chi connectivity index (χ4n) is 15.0. The van der Waals surface area contributed by atoms with Gasteiger partial charge in [-0.25, -0.2) is 0 Å². The highest BCUT2D eigenvalue weighted by molar-refractivity contribution is 6.99. The fourth-order valence-corrected chi connectivity index (χ4v) is 15.0. The van der Waals surface area contributed by atoms with Crippen LogP contribution in [0.1, 0.15) is 22.3 Å². The standard InChI is InChI=1S/C85H59BN4/c1-9-30-60(31-10-1)71-48-29-49-72(61-32-11-2-12-33-61)84(71)90-81-58-69(88(66-42-21-7-22-43-66)67-44-23-8-24-45-67)53-55-78(81)86-77-54-52-68(87(64-38-17-5-18-39-64)65-40-19-6-20-41-65)56-75(77)85(62-34-13-3-14-35-62,63-36-15-4-16-37-63)76-57-70(59-82(90)83(76)86)89-79-50-27-25-46-73(79)74-47-26-28-51-80(74)89/h1-59H. The van der Waals surface area contributed by atoms with Crippen molar-refractivity contribution in [3.8, 4) is 27.9 Å². The third kappa shape index (κ3) is 8.46. The van der Waals surface area contributed by atoms with E-state index in [0.717, 1.165) is 90.2 Å². The molecular formula is C85H59BN4. The number of anilines is 9. The molecule has 422 valence electrons. The quantitative estimate of drug-likeness (QED) is 0.113. The maximum Gasteiger partial charge on any atom is 0.247 e. The fraction of sp³-hybridized carbons (Fsp3) is 0.0118. The molecule has 1 aromatic heterocycles. The van der Waals surface area contributed by atoms with Gasteiger partial charge in [0.05, 0.1) is 22.1 Å². The monoisotopic (exact) mass is 1150 g/mol. The van der Waals surface area contributed by atoms with Crippen molar-refractivity contribution in [3.63, 3.8) is 0 Å². The summed E-state index contributed by atoms with van der Waals surface area (Å²) in [5, 5.41) is 2.42. The van der Waals surface area contributed by atoms with E-state index in [1.807, 2.05) is 0 Å². The van der Waals surface area contributed by atoms with Crippen molar-refractivity contribution < 1.29 is 0 Å². The summed E-state index contributed by atoms with van der Waals surface area (Å²) < 4.78 is 2.54. The van der Waals surface area contributed by atoms with Crippen molar-refractivity contribution in [2.24, 2.45) is 0 Å². The minimum absolute atomic E-state index is 0.236. The van der Waals surface area contributed by atoms with Gasteiger partial charge in [-0.1, -0.05) is 266 Å². The van der Waals surface area contributed by atoms with Gasteiger partial charge in [0.15, 0.2) is 0 Å². The highest BCUT2D eigenvalue weighted by Crippen LogP contribution is 2.55. The Labute approximate surface area is 525 Å². The lowest BCUT2D eigenvalue weighted by atomic mass is 9.29. The van der Waals surface area contributed by atoms with E-state index in [1.165, 1.54) is 49.4 Å². The molecule has 0 unspecified atom stereocenters. The summed E-state index contributed by atoms with van der Waals surface area (Å²) in [6, 6.07) is 133. The molecule has 0 saturated heterocycles. The molecule has 4 nitrogen and oxygen atoms in total. The molecule has 0 fully saturated rings. The average Bonchev–Trinajstić information content (AvgIpc) is 0.684. The van der Waals surface area contributed by atoms with E-state index in [1.54, 1.807) is 0 Å². The number of hydrogen-bond acceptors (Lipinski definition) is 3. The number of hydrogen-bond donors (Lipinski definition) is 0. The molecule has 90 heavy (non-hydrogen) atoms. The first-order chi connectivity index (χ1) is 44.7. The van der Waals surface area contributed by atoms with E-state index in [0.29, 0.717) is 0 Å². The first-order valence-electron chi connectivity index (χ1n) is 31.1. The Morgan fingerprint density at radius 2 is 0.689 bits per heavy atom. The molecule has 2 aliphatic heterocycles. The number of nitrogens with zero attached hydrogens (tertiary/aromatic N) is 4. The number of benzene rings is 14. The maximum absolute atomic E-state index is 2.68. The van der Waals surface area contributed by atoms with Crippen LogP contribution < -0.4 is 31.1 Å².